The predicted molar refractivity (Wildman–Crippen MR) is 74.8 cm³/mol. The van der Waals surface area contributed by atoms with E-state index in [2.05, 4.69) is 12.0 Å². The van der Waals surface area contributed by atoms with Crippen LogP contribution in [0.15, 0.2) is 18.2 Å². The van der Waals surface area contributed by atoms with E-state index >= 15 is 0 Å². The topological polar surface area (TPSA) is 42.2 Å². The number of benzene rings is 1. The van der Waals surface area contributed by atoms with Crippen molar-refractivity contribution in [1.82, 2.24) is 0 Å². The van der Waals surface area contributed by atoms with Crippen LogP contribution in [0.3, 0.4) is 0 Å². The van der Waals surface area contributed by atoms with Gasteiger partial charge in [0.25, 0.3) is 0 Å². The summed E-state index contributed by atoms with van der Waals surface area (Å²) in [7, 11) is -0.469. The van der Waals surface area contributed by atoms with Crippen molar-refractivity contribution in [2.24, 2.45) is 0 Å². The first-order valence-corrected chi connectivity index (χ1v) is 6.17. The maximum atomic E-state index is 9.09. The molecule has 4 heteroatoms. The minimum Gasteiger partial charge on any atom is -0.399 e. The summed E-state index contributed by atoms with van der Waals surface area (Å²) < 4.78 is 11.9. The van der Waals surface area contributed by atoms with Gasteiger partial charge in [-0.3, -0.25) is 0 Å². The van der Waals surface area contributed by atoms with Crippen molar-refractivity contribution in [2.75, 3.05) is 0 Å². The van der Waals surface area contributed by atoms with Gasteiger partial charge in [-0.15, -0.1) is 6.42 Å². The summed E-state index contributed by atoms with van der Waals surface area (Å²) in [6.07, 6.45) is 5.35. The molecule has 1 fully saturated rings. The van der Waals surface area contributed by atoms with Crippen molar-refractivity contribution in [3.63, 3.8) is 0 Å². The van der Waals surface area contributed by atoms with Gasteiger partial charge >= 0.3 is 7.12 Å². The highest BCUT2D eigenvalue weighted by molar-refractivity contribution is 6.62. The minimum atomic E-state index is -0.469. The lowest BCUT2D eigenvalue weighted by Crippen LogP contribution is -2.41. The van der Waals surface area contributed by atoms with Crippen LogP contribution in [0.5, 0.6) is 0 Å². The first-order chi connectivity index (χ1) is 8.80. The highest BCUT2D eigenvalue weighted by Crippen LogP contribution is 2.36. The zero-order valence-corrected chi connectivity index (χ0v) is 11.7. The van der Waals surface area contributed by atoms with E-state index in [9.17, 15) is 0 Å². The molecule has 1 heterocycles. The first-order valence-electron chi connectivity index (χ1n) is 6.17. The van der Waals surface area contributed by atoms with Crippen LogP contribution in [0.2, 0.25) is 0 Å². The Morgan fingerprint density at radius 1 is 1.11 bits per heavy atom. The lowest BCUT2D eigenvalue weighted by Gasteiger charge is -2.32. The SMILES string of the molecule is C#Cc1ccc(B2OC(C)(C)C(C)(C)O2)cc1C#N. The van der Waals surface area contributed by atoms with Gasteiger partial charge in [0.2, 0.25) is 0 Å². The summed E-state index contributed by atoms with van der Waals surface area (Å²) in [5.41, 5.74) is 1.08. The van der Waals surface area contributed by atoms with Crippen molar-refractivity contribution < 1.29 is 9.31 Å². The molecular formula is C15H16BNO2. The van der Waals surface area contributed by atoms with Crippen LogP contribution < -0.4 is 5.46 Å². The van der Waals surface area contributed by atoms with Crippen LogP contribution in [-0.4, -0.2) is 18.3 Å². The second-order valence-electron chi connectivity index (χ2n) is 5.65. The average Bonchev–Trinajstić information content (AvgIpc) is 2.57. The third-order valence-electron chi connectivity index (χ3n) is 3.84. The molecule has 19 heavy (non-hydrogen) atoms. The van der Waals surface area contributed by atoms with Gasteiger partial charge in [0.05, 0.1) is 16.8 Å². The molecule has 1 saturated heterocycles. The monoisotopic (exact) mass is 253 g/mol. The van der Waals surface area contributed by atoms with Crippen LogP contribution in [0, 0.1) is 23.7 Å². The number of rotatable bonds is 1. The fourth-order valence-electron chi connectivity index (χ4n) is 1.91. The molecule has 1 aliphatic rings. The fraction of sp³-hybridized carbons (Fsp3) is 0.400. The van der Waals surface area contributed by atoms with E-state index in [0.717, 1.165) is 5.46 Å². The molecule has 2 rings (SSSR count). The number of terminal acetylenes is 1. The normalized spacial score (nSPS) is 19.8. The number of hydrogen-bond donors (Lipinski definition) is 0. The molecule has 1 aromatic carbocycles. The van der Waals surface area contributed by atoms with E-state index in [1.165, 1.54) is 0 Å². The van der Waals surface area contributed by atoms with Gasteiger partial charge in [0.1, 0.15) is 6.07 Å². The number of nitrogens with zero attached hydrogens (tertiary/aromatic N) is 1. The molecule has 96 valence electrons. The molecule has 0 radical (unpaired) electrons. The van der Waals surface area contributed by atoms with Crippen LogP contribution in [0.1, 0.15) is 38.8 Å². The van der Waals surface area contributed by atoms with Crippen molar-refractivity contribution in [1.29, 1.82) is 5.26 Å². The molecule has 0 aromatic heterocycles. The molecule has 0 aliphatic carbocycles. The summed E-state index contributed by atoms with van der Waals surface area (Å²) in [5, 5.41) is 9.09. The highest BCUT2D eigenvalue weighted by Gasteiger charge is 2.51. The molecular weight excluding hydrogens is 237 g/mol. The fourth-order valence-corrected chi connectivity index (χ4v) is 1.91. The summed E-state index contributed by atoms with van der Waals surface area (Å²) in [5.74, 6) is 2.49. The molecule has 0 amide bonds. The summed E-state index contributed by atoms with van der Waals surface area (Å²) in [6, 6.07) is 7.43. The Morgan fingerprint density at radius 3 is 2.16 bits per heavy atom. The van der Waals surface area contributed by atoms with Crippen molar-refractivity contribution in [3.05, 3.63) is 29.3 Å². The van der Waals surface area contributed by atoms with Gasteiger partial charge in [-0.1, -0.05) is 12.0 Å². The van der Waals surface area contributed by atoms with Crippen LogP contribution in [0.25, 0.3) is 0 Å². The zero-order chi connectivity index (χ0) is 14.3. The molecule has 0 unspecified atom stereocenters. The Kier molecular flexibility index (Phi) is 3.18. The van der Waals surface area contributed by atoms with Gasteiger partial charge in [0, 0.05) is 5.56 Å². The Bertz CT molecular complexity index is 577. The van der Waals surface area contributed by atoms with Crippen molar-refractivity contribution >= 4 is 12.6 Å². The maximum Gasteiger partial charge on any atom is 0.494 e. The van der Waals surface area contributed by atoms with E-state index in [1.54, 1.807) is 12.1 Å². The second-order valence-corrected chi connectivity index (χ2v) is 5.65. The Hall–Kier alpha value is -1.75. The Labute approximate surface area is 114 Å². The van der Waals surface area contributed by atoms with E-state index in [1.807, 2.05) is 33.8 Å². The van der Waals surface area contributed by atoms with Gasteiger partial charge in [-0.05, 0) is 45.3 Å². The van der Waals surface area contributed by atoms with Gasteiger partial charge < -0.3 is 9.31 Å². The third kappa shape index (κ3) is 2.26. The maximum absolute atomic E-state index is 9.09. The summed E-state index contributed by atoms with van der Waals surface area (Å²) >= 11 is 0. The summed E-state index contributed by atoms with van der Waals surface area (Å²) in [4.78, 5) is 0. The Morgan fingerprint density at radius 2 is 1.68 bits per heavy atom. The van der Waals surface area contributed by atoms with Crippen molar-refractivity contribution in [2.45, 2.75) is 38.9 Å². The standard InChI is InChI=1S/C15H16BNO2/c1-6-11-7-8-13(9-12(11)10-17)16-18-14(2,3)15(4,5)19-16/h1,7-9H,2-5H3. The van der Waals surface area contributed by atoms with E-state index < -0.39 is 18.3 Å². The van der Waals surface area contributed by atoms with Crippen LogP contribution >= 0.6 is 0 Å². The molecule has 0 saturated carbocycles. The quantitative estimate of drug-likeness (QED) is 0.566. The average molecular weight is 253 g/mol. The molecule has 0 N–H and O–H groups in total. The molecule has 0 atom stereocenters. The largest absolute Gasteiger partial charge is 0.494 e. The number of nitriles is 1. The molecule has 0 bridgehead atoms. The van der Waals surface area contributed by atoms with E-state index in [0.29, 0.717) is 11.1 Å². The van der Waals surface area contributed by atoms with Gasteiger partial charge in [-0.25, -0.2) is 0 Å². The van der Waals surface area contributed by atoms with Crippen LogP contribution in [-0.2, 0) is 9.31 Å². The van der Waals surface area contributed by atoms with Gasteiger partial charge in [-0.2, -0.15) is 5.26 Å². The molecule has 0 spiro atoms. The highest BCUT2D eigenvalue weighted by atomic mass is 16.7. The lowest BCUT2D eigenvalue weighted by molar-refractivity contribution is 0.00578. The van der Waals surface area contributed by atoms with Gasteiger partial charge in [0.15, 0.2) is 0 Å². The molecule has 1 aromatic rings. The minimum absolute atomic E-state index is 0.394. The second kappa shape index (κ2) is 4.42. The molecule has 3 nitrogen and oxygen atoms in total. The smallest absolute Gasteiger partial charge is 0.399 e. The Balaban J connectivity index is 2.36. The van der Waals surface area contributed by atoms with E-state index in [-0.39, 0.29) is 0 Å². The third-order valence-corrected chi connectivity index (χ3v) is 3.84. The van der Waals surface area contributed by atoms with Crippen molar-refractivity contribution in [3.8, 4) is 18.4 Å². The lowest BCUT2D eigenvalue weighted by atomic mass is 9.78. The van der Waals surface area contributed by atoms with Crippen LogP contribution in [0.4, 0.5) is 0 Å². The summed E-state index contributed by atoms with van der Waals surface area (Å²) in [6.45, 7) is 7.98. The number of hydrogen-bond acceptors (Lipinski definition) is 3. The predicted octanol–water partition coefficient (Wildman–Crippen LogP) is 1.84. The first kappa shape index (κ1) is 13.7. The zero-order valence-electron chi connectivity index (χ0n) is 11.7. The van der Waals surface area contributed by atoms with E-state index in [4.69, 9.17) is 21.0 Å². The molecule has 1 aliphatic heterocycles.